The van der Waals surface area contributed by atoms with E-state index in [1.165, 1.54) is 25.7 Å². The number of urea groups is 1. The van der Waals surface area contributed by atoms with Gasteiger partial charge in [-0.3, -0.25) is 4.21 Å². The highest BCUT2D eigenvalue weighted by atomic mass is 32.2. The summed E-state index contributed by atoms with van der Waals surface area (Å²) in [6.07, 6.45) is 8.74. The van der Waals surface area contributed by atoms with Crippen LogP contribution in [0.5, 0.6) is 0 Å². The molecule has 1 saturated carbocycles. The van der Waals surface area contributed by atoms with Gasteiger partial charge < -0.3 is 15.0 Å². The lowest BCUT2D eigenvalue weighted by atomic mass is 9.92. The van der Waals surface area contributed by atoms with Crippen LogP contribution in [-0.4, -0.2) is 58.5 Å². The second-order valence-electron chi connectivity index (χ2n) is 6.36. The van der Waals surface area contributed by atoms with E-state index in [-0.39, 0.29) is 16.9 Å². The zero-order chi connectivity index (χ0) is 15.3. The molecule has 1 heterocycles. The molecule has 5 nitrogen and oxygen atoms in total. The molecule has 1 saturated heterocycles. The minimum atomic E-state index is -0.903. The largest absolute Gasteiger partial charge is 0.371 e. The smallest absolute Gasteiger partial charge is 0.317 e. The van der Waals surface area contributed by atoms with E-state index in [0.29, 0.717) is 26.2 Å². The van der Waals surface area contributed by atoms with Crippen LogP contribution in [0.3, 0.4) is 0 Å². The van der Waals surface area contributed by atoms with Gasteiger partial charge in [-0.2, -0.15) is 0 Å². The van der Waals surface area contributed by atoms with Gasteiger partial charge in [-0.15, -0.1) is 0 Å². The van der Waals surface area contributed by atoms with Gasteiger partial charge in [-0.05, 0) is 19.8 Å². The Morgan fingerprint density at radius 2 is 2.00 bits per heavy atom. The Hall–Kier alpha value is -0.620. The van der Waals surface area contributed by atoms with Crippen molar-refractivity contribution in [1.29, 1.82) is 0 Å². The van der Waals surface area contributed by atoms with Crippen molar-refractivity contribution in [2.45, 2.75) is 56.3 Å². The van der Waals surface area contributed by atoms with Crippen molar-refractivity contribution in [1.82, 2.24) is 10.2 Å². The fourth-order valence-corrected chi connectivity index (χ4v) is 3.47. The van der Waals surface area contributed by atoms with E-state index in [0.717, 1.165) is 12.8 Å². The number of carbonyl (C=O) groups excluding carboxylic acids is 1. The Balaban J connectivity index is 1.87. The SMILES string of the molecule is CC(CNC(=O)N1CCOC2(CCCCCC2)C1)S(C)=O. The van der Waals surface area contributed by atoms with Gasteiger partial charge in [-0.1, -0.05) is 25.7 Å². The van der Waals surface area contributed by atoms with E-state index in [9.17, 15) is 9.00 Å². The molecule has 0 radical (unpaired) electrons. The number of rotatable bonds is 3. The number of amides is 2. The Labute approximate surface area is 130 Å². The van der Waals surface area contributed by atoms with Gasteiger partial charge in [0.15, 0.2) is 0 Å². The lowest BCUT2D eigenvalue weighted by molar-refractivity contribution is -0.105. The predicted octanol–water partition coefficient (Wildman–Crippen LogP) is 1.89. The number of nitrogens with zero attached hydrogens (tertiary/aromatic N) is 1. The molecule has 1 N–H and O–H groups in total. The van der Waals surface area contributed by atoms with Crippen LogP contribution in [0.4, 0.5) is 4.79 Å². The third-order valence-electron chi connectivity index (χ3n) is 4.66. The standard InChI is InChI=1S/C15H28N2O3S/c1-13(21(2)19)11-16-14(18)17-9-10-20-15(12-17)7-5-3-4-6-8-15/h13H,3-12H2,1-2H3,(H,16,18). The van der Waals surface area contributed by atoms with Gasteiger partial charge in [0, 0.05) is 35.4 Å². The van der Waals surface area contributed by atoms with Crippen molar-refractivity contribution in [3.63, 3.8) is 0 Å². The van der Waals surface area contributed by atoms with Gasteiger partial charge in [0.05, 0.1) is 18.8 Å². The zero-order valence-corrected chi connectivity index (χ0v) is 14.0. The third kappa shape index (κ3) is 4.68. The number of nitrogens with one attached hydrogen (secondary N) is 1. The average Bonchev–Trinajstić information content (AvgIpc) is 2.70. The highest BCUT2D eigenvalue weighted by Gasteiger charge is 2.38. The molecule has 1 spiro atoms. The van der Waals surface area contributed by atoms with E-state index in [1.807, 2.05) is 11.8 Å². The van der Waals surface area contributed by atoms with Crippen molar-refractivity contribution >= 4 is 16.8 Å². The molecular formula is C15H28N2O3S. The average molecular weight is 316 g/mol. The highest BCUT2D eigenvalue weighted by Crippen LogP contribution is 2.33. The van der Waals surface area contributed by atoms with Gasteiger partial charge in [0.1, 0.15) is 0 Å². The van der Waals surface area contributed by atoms with Crippen molar-refractivity contribution in [3.05, 3.63) is 0 Å². The van der Waals surface area contributed by atoms with E-state index in [1.54, 1.807) is 6.26 Å². The first kappa shape index (κ1) is 16.7. The fraction of sp³-hybridized carbons (Fsp3) is 0.933. The van der Waals surface area contributed by atoms with E-state index in [2.05, 4.69) is 5.32 Å². The maximum Gasteiger partial charge on any atom is 0.317 e. The number of ether oxygens (including phenoxy) is 1. The molecule has 1 aliphatic carbocycles. The summed E-state index contributed by atoms with van der Waals surface area (Å²) in [5.74, 6) is 0. The first-order chi connectivity index (χ1) is 10.0. The molecule has 2 aliphatic rings. The summed E-state index contributed by atoms with van der Waals surface area (Å²) >= 11 is 0. The third-order valence-corrected chi connectivity index (χ3v) is 5.96. The molecule has 6 heteroatoms. The molecule has 2 rings (SSSR count). The van der Waals surface area contributed by atoms with Crippen LogP contribution in [0, 0.1) is 0 Å². The topological polar surface area (TPSA) is 58.6 Å². The van der Waals surface area contributed by atoms with Crippen molar-refractivity contribution in [2.24, 2.45) is 0 Å². The number of morpholine rings is 1. The summed E-state index contributed by atoms with van der Waals surface area (Å²) in [5, 5.41) is 2.90. The van der Waals surface area contributed by atoms with Crippen LogP contribution in [0.15, 0.2) is 0 Å². The minimum absolute atomic E-state index is 0.0122. The summed E-state index contributed by atoms with van der Waals surface area (Å²) in [7, 11) is -0.903. The van der Waals surface area contributed by atoms with Crippen LogP contribution in [0.2, 0.25) is 0 Å². The molecule has 2 unspecified atom stereocenters. The van der Waals surface area contributed by atoms with Crippen LogP contribution in [0.25, 0.3) is 0 Å². The first-order valence-electron chi connectivity index (χ1n) is 8.01. The molecule has 2 atom stereocenters. The van der Waals surface area contributed by atoms with Gasteiger partial charge >= 0.3 is 6.03 Å². The second-order valence-corrected chi connectivity index (χ2v) is 8.16. The maximum atomic E-state index is 12.3. The Kier molecular flexibility index (Phi) is 6.05. The van der Waals surface area contributed by atoms with Gasteiger partial charge in [0.2, 0.25) is 0 Å². The first-order valence-corrected chi connectivity index (χ1v) is 9.63. The van der Waals surface area contributed by atoms with Gasteiger partial charge in [0.25, 0.3) is 0 Å². The van der Waals surface area contributed by atoms with Crippen molar-refractivity contribution < 1.29 is 13.7 Å². The lowest BCUT2D eigenvalue weighted by Crippen LogP contribution is -2.56. The van der Waals surface area contributed by atoms with Gasteiger partial charge in [-0.25, -0.2) is 4.79 Å². The van der Waals surface area contributed by atoms with Crippen molar-refractivity contribution in [3.8, 4) is 0 Å². The summed E-state index contributed by atoms with van der Waals surface area (Å²) in [4.78, 5) is 14.2. The molecule has 122 valence electrons. The monoisotopic (exact) mass is 316 g/mol. The number of hydrogen-bond donors (Lipinski definition) is 1. The summed E-state index contributed by atoms with van der Waals surface area (Å²) in [5.41, 5.74) is -0.120. The predicted molar refractivity (Wildman–Crippen MR) is 84.9 cm³/mol. The quantitative estimate of drug-likeness (QED) is 0.865. The molecule has 2 amide bonds. The summed E-state index contributed by atoms with van der Waals surface area (Å²) in [6.45, 7) is 4.33. The lowest BCUT2D eigenvalue weighted by Gasteiger charge is -2.42. The minimum Gasteiger partial charge on any atom is -0.371 e. The summed E-state index contributed by atoms with van der Waals surface area (Å²) in [6, 6.07) is -0.0424. The van der Waals surface area contributed by atoms with Crippen molar-refractivity contribution in [2.75, 3.05) is 32.5 Å². The Bertz CT molecular complexity index is 381. The Morgan fingerprint density at radius 3 is 2.62 bits per heavy atom. The summed E-state index contributed by atoms with van der Waals surface area (Å²) < 4.78 is 17.4. The maximum absolute atomic E-state index is 12.3. The highest BCUT2D eigenvalue weighted by molar-refractivity contribution is 7.84. The molecule has 0 aromatic carbocycles. The van der Waals surface area contributed by atoms with E-state index < -0.39 is 10.8 Å². The molecule has 1 aliphatic heterocycles. The van der Waals surface area contributed by atoms with Crippen LogP contribution in [0.1, 0.15) is 45.4 Å². The fourth-order valence-electron chi connectivity index (χ4n) is 3.15. The molecule has 0 bridgehead atoms. The van der Waals surface area contributed by atoms with E-state index in [4.69, 9.17) is 4.74 Å². The number of hydrogen-bond acceptors (Lipinski definition) is 3. The van der Waals surface area contributed by atoms with E-state index >= 15 is 0 Å². The molecule has 2 fully saturated rings. The Morgan fingerprint density at radius 1 is 1.33 bits per heavy atom. The normalized spacial score (nSPS) is 25.1. The molecule has 0 aromatic rings. The molecule has 0 aromatic heterocycles. The van der Waals surface area contributed by atoms with Crippen LogP contribution in [-0.2, 0) is 15.5 Å². The zero-order valence-electron chi connectivity index (χ0n) is 13.2. The number of carbonyl (C=O) groups is 1. The molecule has 21 heavy (non-hydrogen) atoms. The van der Waals surface area contributed by atoms with Crippen LogP contribution >= 0.6 is 0 Å². The second kappa shape index (κ2) is 7.58. The molecular weight excluding hydrogens is 288 g/mol. The van der Waals surface area contributed by atoms with Crippen LogP contribution < -0.4 is 5.32 Å².